The first-order chi connectivity index (χ1) is 15.5. The lowest BCUT2D eigenvalue weighted by atomic mass is 10.2. The predicted octanol–water partition coefficient (Wildman–Crippen LogP) is 4.03. The lowest BCUT2D eigenvalue weighted by Crippen LogP contribution is -2.14. The van der Waals surface area contributed by atoms with E-state index in [1.165, 1.54) is 11.8 Å². The van der Waals surface area contributed by atoms with Crippen LogP contribution < -0.4 is 15.4 Å². The Labute approximate surface area is 189 Å². The number of pyridine rings is 1. The highest BCUT2D eigenvalue weighted by molar-refractivity contribution is 7.99. The number of aromatic nitrogens is 3. The van der Waals surface area contributed by atoms with Gasteiger partial charge in [0.15, 0.2) is 10.8 Å². The lowest BCUT2D eigenvalue weighted by molar-refractivity contribution is -0.113. The van der Waals surface area contributed by atoms with Crippen molar-refractivity contribution in [1.29, 1.82) is 0 Å². The molecule has 2 aromatic carbocycles. The molecule has 0 fully saturated rings. The van der Waals surface area contributed by atoms with E-state index in [2.05, 4.69) is 20.8 Å². The molecule has 2 amide bonds. The fourth-order valence-electron chi connectivity index (χ4n) is 2.94. The Balaban J connectivity index is 1.42. The quantitative estimate of drug-likeness (QED) is 0.415. The maximum absolute atomic E-state index is 12.6. The van der Waals surface area contributed by atoms with E-state index in [1.807, 2.05) is 31.2 Å². The van der Waals surface area contributed by atoms with Gasteiger partial charge in [-0.05, 0) is 55.5 Å². The molecule has 2 N–H and O–H groups in total. The zero-order chi connectivity index (χ0) is 22.5. The maximum Gasteiger partial charge on any atom is 0.257 e. The number of ether oxygens (including phenoxy) is 1. The molecule has 0 aliphatic carbocycles. The summed E-state index contributed by atoms with van der Waals surface area (Å²) in [7, 11) is 1.59. The molecule has 0 spiro atoms. The van der Waals surface area contributed by atoms with Crippen LogP contribution in [0.3, 0.4) is 0 Å². The Morgan fingerprint density at radius 3 is 2.34 bits per heavy atom. The molecule has 2 aromatic heterocycles. The van der Waals surface area contributed by atoms with Crippen LogP contribution in [0.15, 0.2) is 72.0 Å². The van der Waals surface area contributed by atoms with Crippen molar-refractivity contribution in [3.05, 3.63) is 78.0 Å². The number of thioether (sulfide) groups is 1. The van der Waals surface area contributed by atoms with Gasteiger partial charge in [0.2, 0.25) is 5.91 Å². The fraction of sp³-hybridized carbons (Fsp3) is 0.130. The molecule has 4 rings (SSSR count). The average Bonchev–Trinajstić information content (AvgIpc) is 3.22. The highest BCUT2D eigenvalue weighted by Crippen LogP contribution is 2.20. The summed E-state index contributed by atoms with van der Waals surface area (Å²) in [5.74, 6) is 0.449. The SMILES string of the molecule is COc1ccc(NC(=O)CSc2nnc3ccc(C(=O)Nc4ccc(C)cc4)cn23)cc1. The minimum absolute atomic E-state index is 0.145. The van der Waals surface area contributed by atoms with Crippen molar-refractivity contribution < 1.29 is 14.3 Å². The highest BCUT2D eigenvalue weighted by atomic mass is 32.2. The number of rotatable bonds is 7. The zero-order valence-electron chi connectivity index (χ0n) is 17.5. The largest absolute Gasteiger partial charge is 0.497 e. The molecule has 0 radical (unpaired) electrons. The Morgan fingerprint density at radius 1 is 0.938 bits per heavy atom. The van der Waals surface area contributed by atoms with E-state index >= 15 is 0 Å². The molecule has 4 aromatic rings. The summed E-state index contributed by atoms with van der Waals surface area (Å²) in [6, 6.07) is 18.1. The van der Waals surface area contributed by atoms with Crippen molar-refractivity contribution in [3.63, 3.8) is 0 Å². The van der Waals surface area contributed by atoms with E-state index in [0.717, 1.165) is 11.3 Å². The van der Waals surface area contributed by atoms with Crippen LogP contribution in [0.4, 0.5) is 11.4 Å². The molecule has 9 heteroatoms. The van der Waals surface area contributed by atoms with Gasteiger partial charge in [0.05, 0.1) is 18.4 Å². The Morgan fingerprint density at radius 2 is 1.62 bits per heavy atom. The number of methoxy groups -OCH3 is 1. The van der Waals surface area contributed by atoms with E-state index < -0.39 is 0 Å². The maximum atomic E-state index is 12.6. The Bertz CT molecular complexity index is 1250. The zero-order valence-corrected chi connectivity index (χ0v) is 18.3. The molecule has 0 saturated carbocycles. The van der Waals surface area contributed by atoms with E-state index in [4.69, 9.17) is 4.74 Å². The topological polar surface area (TPSA) is 97.6 Å². The van der Waals surface area contributed by atoms with Gasteiger partial charge in [0.25, 0.3) is 5.91 Å². The van der Waals surface area contributed by atoms with Gasteiger partial charge in [-0.3, -0.25) is 14.0 Å². The number of aryl methyl sites for hydroxylation is 1. The summed E-state index contributed by atoms with van der Waals surface area (Å²) in [5, 5.41) is 14.5. The van der Waals surface area contributed by atoms with Gasteiger partial charge in [-0.1, -0.05) is 29.5 Å². The summed E-state index contributed by atoms with van der Waals surface area (Å²) in [6.07, 6.45) is 1.67. The Hall–Kier alpha value is -3.85. The van der Waals surface area contributed by atoms with Crippen molar-refractivity contribution in [2.24, 2.45) is 0 Å². The molecule has 0 bridgehead atoms. The average molecular weight is 448 g/mol. The second kappa shape index (κ2) is 9.52. The van der Waals surface area contributed by atoms with Crippen LogP contribution >= 0.6 is 11.8 Å². The number of anilines is 2. The van der Waals surface area contributed by atoms with Crippen molar-refractivity contribution in [2.75, 3.05) is 23.5 Å². The van der Waals surface area contributed by atoms with Gasteiger partial charge in [-0.15, -0.1) is 10.2 Å². The first-order valence-electron chi connectivity index (χ1n) is 9.81. The molecule has 0 aliphatic rings. The molecule has 0 aliphatic heterocycles. The number of fused-ring (bicyclic) bond motifs is 1. The lowest BCUT2D eigenvalue weighted by Gasteiger charge is -2.07. The molecule has 0 atom stereocenters. The molecule has 0 unspecified atom stereocenters. The fourth-order valence-corrected chi connectivity index (χ4v) is 3.66. The second-order valence-electron chi connectivity index (χ2n) is 7.01. The van der Waals surface area contributed by atoms with Crippen molar-refractivity contribution in [3.8, 4) is 5.75 Å². The summed E-state index contributed by atoms with van der Waals surface area (Å²) in [6.45, 7) is 1.99. The number of carbonyl (C=O) groups is 2. The second-order valence-corrected chi connectivity index (χ2v) is 7.96. The number of amides is 2. The molecule has 8 nitrogen and oxygen atoms in total. The van der Waals surface area contributed by atoms with Crippen LogP contribution in [0.1, 0.15) is 15.9 Å². The third kappa shape index (κ3) is 5.06. The first-order valence-corrected chi connectivity index (χ1v) is 10.8. The van der Waals surface area contributed by atoms with Gasteiger partial charge >= 0.3 is 0 Å². The van der Waals surface area contributed by atoms with Crippen LogP contribution in [0, 0.1) is 6.92 Å². The van der Waals surface area contributed by atoms with Crippen LogP contribution in [0.5, 0.6) is 5.75 Å². The third-order valence-corrected chi connectivity index (χ3v) is 5.59. The third-order valence-electron chi connectivity index (χ3n) is 4.65. The number of nitrogens with zero attached hydrogens (tertiary/aromatic N) is 3. The van der Waals surface area contributed by atoms with Gasteiger partial charge in [0, 0.05) is 17.6 Å². The van der Waals surface area contributed by atoms with Crippen LogP contribution in [0.25, 0.3) is 5.65 Å². The van der Waals surface area contributed by atoms with Crippen molar-refractivity contribution in [2.45, 2.75) is 12.1 Å². The van der Waals surface area contributed by atoms with Gasteiger partial charge in [-0.2, -0.15) is 0 Å². The van der Waals surface area contributed by atoms with Crippen molar-refractivity contribution in [1.82, 2.24) is 14.6 Å². The number of nitrogens with one attached hydrogen (secondary N) is 2. The molecule has 162 valence electrons. The number of carbonyl (C=O) groups excluding carboxylic acids is 2. The van der Waals surface area contributed by atoms with Gasteiger partial charge in [-0.25, -0.2) is 0 Å². The summed E-state index contributed by atoms with van der Waals surface area (Å²) in [5.41, 5.74) is 3.57. The standard InChI is InChI=1S/C23H21N5O3S/c1-15-3-6-18(7-4-15)25-22(30)16-5-12-20-26-27-23(28(20)13-16)32-14-21(29)24-17-8-10-19(31-2)11-9-17/h3-13H,14H2,1-2H3,(H,24,29)(H,25,30). The van der Waals surface area contributed by atoms with Crippen molar-refractivity contribution >= 4 is 40.6 Å². The summed E-state index contributed by atoms with van der Waals surface area (Å²) < 4.78 is 6.82. The number of hydrogen-bond donors (Lipinski definition) is 2. The van der Waals surface area contributed by atoms with Gasteiger partial charge in [0.1, 0.15) is 5.75 Å². The van der Waals surface area contributed by atoms with Crippen LogP contribution in [-0.4, -0.2) is 39.3 Å². The minimum Gasteiger partial charge on any atom is -0.497 e. The van der Waals surface area contributed by atoms with Crippen LogP contribution in [0.2, 0.25) is 0 Å². The first kappa shape index (κ1) is 21.4. The molecular weight excluding hydrogens is 426 g/mol. The van der Waals surface area contributed by atoms with E-state index in [9.17, 15) is 9.59 Å². The Kier molecular flexibility index (Phi) is 6.37. The smallest absolute Gasteiger partial charge is 0.257 e. The summed E-state index contributed by atoms with van der Waals surface area (Å²) in [4.78, 5) is 25.0. The van der Waals surface area contributed by atoms with Gasteiger partial charge < -0.3 is 15.4 Å². The normalized spacial score (nSPS) is 10.7. The predicted molar refractivity (Wildman–Crippen MR) is 124 cm³/mol. The van der Waals surface area contributed by atoms with E-state index in [1.54, 1.807) is 54.1 Å². The summed E-state index contributed by atoms with van der Waals surface area (Å²) >= 11 is 1.24. The molecule has 32 heavy (non-hydrogen) atoms. The van der Waals surface area contributed by atoms with Crippen LogP contribution in [-0.2, 0) is 4.79 Å². The monoisotopic (exact) mass is 447 g/mol. The molecular formula is C23H21N5O3S. The minimum atomic E-state index is -0.238. The van der Waals surface area contributed by atoms with E-state index in [-0.39, 0.29) is 17.6 Å². The number of hydrogen-bond acceptors (Lipinski definition) is 6. The molecule has 2 heterocycles. The van der Waals surface area contributed by atoms with E-state index in [0.29, 0.717) is 27.7 Å². The highest BCUT2D eigenvalue weighted by Gasteiger charge is 2.13. The molecule has 0 saturated heterocycles. The number of benzene rings is 2.